The zero-order valence-electron chi connectivity index (χ0n) is 11.4. The van der Waals surface area contributed by atoms with Gasteiger partial charge in [-0.25, -0.2) is 0 Å². The molecule has 20 heavy (non-hydrogen) atoms. The van der Waals surface area contributed by atoms with Crippen molar-refractivity contribution in [3.63, 3.8) is 0 Å². The van der Waals surface area contributed by atoms with Gasteiger partial charge in [0, 0.05) is 6.42 Å². The number of hydrogen-bond donors (Lipinski definition) is 0. The van der Waals surface area contributed by atoms with E-state index < -0.39 is 16.1 Å². The van der Waals surface area contributed by atoms with Crippen LogP contribution < -0.4 is 4.74 Å². The molecule has 0 radical (unpaired) electrons. The van der Waals surface area contributed by atoms with Gasteiger partial charge in [-0.2, -0.15) is 8.42 Å². The van der Waals surface area contributed by atoms with E-state index in [2.05, 4.69) is 16.0 Å². The average Bonchev–Trinajstić information content (AvgIpc) is 2.39. The first-order chi connectivity index (χ1) is 9.49. The van der Waals surface area contributed by atoms with Gasteiger partial charge in [0.2, 0.25) is 0 Å². The number of carbonyl (C=O) groups excluding carboxylic acids is 1. The van der Waals surface area contributed by atoms with Gasteiger partial charge in [0.25, 0.3) is 0 Å². The third kappa shape index (κ3) is 4.94. The predicted octanol–water partition coefficient (Wildman–Crippen LogP) is 2.12. The molecule has 1 aromatic rings. The Balaban J connectivity index is 2.75. The van der Waals surface area contributed by atoms with Gasteiger partial charge in [0.05, 0.1) is 0 Å². The minimum Gasteiger partial charge on any atom is -0.481 e. The van der Waals surface area contributed by atoms with Crippen molar-refractivity contribution in [3.05, 3.63) is 24.3 Å². The number of rotatable bonds is 6. The molecule has 0 atom stereocenters. The molecule has 0 unspecified atom stereocenters. The molecule has 5 nitrogen and oxygen atoms in total. The Morgan fingerprint density at radius 3 is 2.45 bits per heavy atom. The molecule has 0 bridgehead atoms. The first-order valence-electron chi connectivity index (χ1n) is 6.09. The third-order valence-electron chi connectivity index (χ3n) is 2.26. The number of hydrogen-bond acceptors (Lipinski definition) is 5. The summed E-state index contributed by atoms with van der Waals surface area (Å²) in [5.41, 5.74) is 0. The fourth-order valence-corrected chi connectivity index (χ4v) is 2.20. The van der Waals surface area contributed by atoms with Gasteiger partial charge in [-0.05, 0) is 37.6 Å². The highest BCUT2D eigenvalue weighted by atomic mass is 32.2. The van der Waals surface area contributed by atoms with Crippen molar-refractivity contribution in [3.8, 4) is 17.6 Å². The lowest BCUT2D eigenvalue weighted by Crippen LogP contribution is -2.12. The summed E-state index contributed by atoms with van der Waals surface area (Å²) in [6.07, 6.45) is 0.593. The second kappa shape index (κ2) is 7.56. The van der Waals surface area contributed by atoms with E-state index in [1.54, 1.807) is 13.8 Å². The normalized spacial score (nSPS) is 10.3. The zero-order valence-corrected chi connectivity index (χ0v) is 12.2. The fraction of sp³-hybridized carbons (Fsp3) is 0.357. The molecule has 0 N–H and O–H groups in total. The van der Waals surface area contributed by atoms with E-state index in [0.29, 0.717) is 12.2 Å². The minimum atomic E-state index is -4.06. The van der Waals surface area contributed by atoms with E-state index in [1.807, 2.05) is 0 Å². The van der Waals surface area contributed by atoms with Crippen LogP contribution in [-0.4, -0.2) is 21.0 Å². The molecule has 0 saturated carbocycles. The van der Waals surface area contributed by atoms with Crippen LogP contribution in [0.25, 0.3) is 0 Å². The molecule has 1 aromatic carbocycles. The van der Waals surface area contributed by atoms with Crippen molar-refractivity contribution in [2.24, 2.45) is 0 Å². The Hall–Kier alpha value is -2.00. The van der Waals surface area contributed by atoms with Crippen molar-refractivity contribution in [1.82, 2.24) is 0 Å². The molecule has 0 aliphatic rings. The second-order valence-electron chi connectivity index (χ2n) is 3.85. The first kappa shape index (κ1) is 16.1. The molecule has 0 amide bonds. The highest BCUT2D eigenvalue weighted by Gasteiger charge is 2.19. The van der Waals surface area contributed by atoms with E-state index in [-0.39, 0.29) is 17.9 Å². The summed E-state index contributed by atoms with van der Waals surface area (Å²) >= 11 is 0. The Labute approximate surface area is 119 Å². The average molecular weight is 296 g/mol. The Kier molecular flexibility index (Phi) is 6.07. The number of ether oxygens (including phenoxy) is 1. The maximum absolute atomic E-state index is 11.8. The first-order valence-corrected chi connectivity index (χ1v) is 7.50. The van der Waals surface area contributed by atoms with Crippen LogP contribution in [0.5, 0.6) is 5.75 Å². The van der Waals surface area contributed by atoms with Crippen LogP contribution in [0.4, 0.5) is 0 Å². The molecule has 0 spiro atoms. The van der Waals surface area contributed by atoms with Crippen LogP contribution >= 0.6 is 0 Å². The van der Waals surface area contributed by atoms with E-state index in [1.165, 1.54) is 24.3 Å². The minimum absolute atomic E-state index is 0.0656. The lowest BCUT2D eigenvalue weighted by Gasteiger charge is -2.06. The van der Waals surface area contributed by atoms with E-state index in [9.17, 15) is 13.2 Å². The van der Waals surface area contributed by atoms with Crippen LogP contribution in [0.1, 0.15) is 26.7 Å². The molecular weight excluding hydrogens is 280 g/mol. The van der Waals surface area contributed by atoms with Gasteiger partial charge in [0.15, 0.2) is 0 Å². The second-order valence-corrected chi connectivity index (χ2v) is 5.39. The number of benzene rings is 1. The van der Waals surface area contributed by atoms with Crippen molar-refractivity contribution in [2.75, 3.05) is 6.61 Å². The molecule has 0 aliphatic heterocycles. The maximum Gasteiger partial charge on any atom is 0.341 e. The summed E-state index contributed by atoms with van der Waals surface area (Å²) in [6.45, 7) is 3.69. The lowest BCUT2D eigenvalue weighted by molar-refractivity contribution is -0.133. The molecule has 108 valence electrons. The molecule has 0 saturated heterocycles. The van der Waals surface area contributed by atoms with Crippen LogP contribution in [0, 0.1) is 11.8 Å². The Morgan fingerprint density at radius 1 is 1.25 bits per heavy atom. The standard InChI is InChI=1S/C14H16O5S/c1-3-5-11-18-12-7-9-13(10-8-12)20(16,17)19-14(15)6-4-2/h7-10H,4,6,11H2,1-2H3. The SMILES string of the molecule is CC#CCOc1ccc(S(=O)(=O)OC(=O)CCC)cc1. The van der Waals surface area contributed by atoms with Crippen LogP contribution in [0.3, 0.4) is 0 Å². The smallest absolute Gasteiger partial charge is 0.341 e. The highest BCUT2D eigenvalue weighted by molar-refractivity contribution is 7.87. The van der Waals surface area contributed by atoms with Crippen molar-refractivity contribution < 1.29 is 22.1 Å². The van der Waals surface area contributed by atoms with Gasteiger partial charge in [-0.15, -0.1) is 5.92 Å². The molecular formula is C14H16O5S. The van der Waals surface area contributed by atoms with Crippen LogP contribution in [0.2, 0.25) is 0 Å². The van der Waals surface area contributed by atoms with E-state index in [4.69, 9.17) is 4.74 Å². The van der Waals surface area contributed by atoms with E-state index in [0.717, 1.165) is 0 Å². The van der Waals surface area contributed by atoms with Crippen molar-refractivity contribution >= 4 is 16.1 Å². The molecule has 1 rings (SSSR count). The Bertz CT molecular complexity index is 605. The van der Waals surface area contributed by atoms with Gasteiger partial charge >= 0.3 is 16.1 Å². The molecule has 0 heterocycles. The quantitative estimate of drug-likeness (QED) is 0.594. The van der Waals surface area contributed by atoms with Gasteiger partial charge in [-0.1, -0.05) is 12.8 Å². The maximum atomic E-state index is 11.8. The highest BCUT2D eigenvalue weighted by Crippen LogP contribution is 2.18. The molecule has 0 aromatic heterocycles. The van der Waals surface area contributed by atoms with E-state index >= 15 is 0 Å². The third-order valence-corrected chi connectivity index (χ3v) is 3.51. The Morgan fingerprint density at radius 2 is 1.90 bits per heavy atom. The van der Waals surface area contributed by atoms with Crippen molar-refractivity contribution in [1.29, 1.82) is 0 Å². The molecule has 0 aliphatic carbocycles. The molecule has 6 heteroatoms. The summed E-state index contributed by atoms with van der Waals surface area (Å²) in [7, 11) is -4.06. The summed E-state index contributed by atoms with van der Waals surface area (Å²) in [5.74, 6) is 5.13. The predicted molar refractivity (Wildman–Crippen MR) is 73.6 cm³/mol. The van der Waals surface area contributed by atoms with Gasteiger partial charge in [0.1, 0.15) is 17.3 Å². The fourth-order valence-electron chi connectivity index (χ4n) is 1.31. The summed E-state index contributed by atoms with van der Waals surface area (Å²) in [4.78, 5) is 11.1. The molecule has 0 fully saturated rings. The monoisotopic (exact) mass is 296 g/mol. The van der Waals surface area contributed by atoms with Crippen molar-refractivity contribution in [2.45, 2.75) is 31.6 Å². The largest absolute Gasteiger partial charge is 0.481 e. The van der Waals surface area contributed by atoms with Gasteiger partial charge < -0.3 is 8.92 Å². The van der Waals surface area contributed by atoms with Gasteiger partial charge in [-0.3, -0.25) is 4.79 Å². The lowest BCUT2D eigenvalue weighted by atomic mass is 10.3. The number of carbonyl (C=O) groups is 1. The zero-order chi connectivity index (χ0) is 15.0. The summed E-state index contributed by atoms with van der Waals surface area (Å²) < 4.78 is 33.3. The van der Waals surface area contributed by atoms with Crippen LogP contribution in [0.15, 0.2) is 29.2 Å². The summed E-state index contributed by atoms with van der Waals surface area (Å²) in [5, 5.41) is 0. The topological polar surface area (TPSA) is 69.7 Å². The summed E-state index contributed by atoms with van der Waals surface area (Å²) in [6, 6.07) is 5.61. The van der Waals surface area contributed by atoms with Crippen LogP contribution in [-0.2, 0) is 19.1 Å².